The normalized spacial score (nSPS) is 12.6. The Morgan fingerprint density at radius 2 is 0.915 bits per heavy atom. The minimum atomic E-state index is 0.818. The predicted molar refractivity (Wildman–Crippen MR) is 194 cm³/mol. The van der Waals surface area contributed by atoms with Crippen LogP contribution in [-0.2, 0) is 6.42 Å². The number of hydrogen-bond acceptors (Lipinski definition) is 2. The van der Waals surface area contributed by atoms with Gasteiger partial charge in [0.15, 0.2) is 11.6 Å². The molecule has 218 valence electrons. The highest BCUT2D eigenvalue weighted by Gasteiger charge is 2.26. The van der Waals surface area contributed by atoms with Crippen LogP contribution in [0.3, 0.4) is 0 Å². The molecule has 0 spiro atoms. The van der Waals surface area contributed by atoms with E-state index in [9.17, 15) is 0 Å². The Labute approximate surface area is 269 Å². The van der Waals surface area contributed by atoms with Crippen molar-refractivity contribution in [2.45, 2.75) is 6.42 Å². The molecule has 47 heavy (non-hydrogen) atoms. The minimum absolute atomic E-state index is 0.818. The Morgan fingerprint density at radius 1 is 0.404 bits per heavy atom. The molecule has 1 aliphatic rings. The van der Waals surface area contributed by atoms with Crippen molar-refractivity contribution >= 4 is 65.4 Å². The van der Waals surface area contributed by atoms with Gasteiger partial charge in [-0.1, -0.05) is 103 Å². The van der Waals surface area contributed by atoms with Gasteiger partial charge in [0.25, 0.3) is 0 Å². The van der Waals surface area contributed by atoms with Crippen molar-refractivity contribution in [3.05, 3.63) is 157 Å². The maximum atomic E-state index is 5.44. The molecule has 3 aromatic heterocycles. The van der Waals surface area contributed by atoms with Crippen LogP contribution in [0, 0.1) is 0 Å². The van der Waals surface area contributed by atoms with Gasteiger partial charge in [-0.05, 0) is 81.9 Å². The first-order valence-corrected chi connectivity index (χ1v) is 16.1. The van der Waals surface area contributed by atoms with E-state index in [0.717, 1.165) is 51.2 Å². The summed E-state index contributed by atoms with van der Waals surface area (Å²) in [5.41, 5.74) is 11.7. The van der Waals surface area contributed by atoms with E-state index in [4.69, 9.17) is 9.97 Å². The summed E-state index contributed by atoms with van der Waals surface area (Å²) >= 11 is 0. The summed E-state index contributed by atoms with van der Waals surface area (Å²) in [7, 11) is 0. The zero-order chi connectivity index (χ0) is 30.6. The quantitative estimate of drug-likeness (QED) is 0.198. The fraction of sp³-hybridized carbons (Fsp3) is 0.0233. The Bertz CT molecular complexity index is 2890. The van der Waals surface area contributed by atoms with Crippen LogP contribution < -0.4 is 0 Å². The molecule has 7 aromatic carbocycles. The molecule has 4 nitrogen and oxygen atoms in total. The molecular formula is C43H26N4. The van der Waals surface area contributed by atoms with Gasteiger partial charge in [0.1, 0.15) is 0 Å². The van der Waals surface area contributed by atoms with Gasteiger partial charge in [0.2, 0.25) is 0 Å². The van der Waals surface area contributed by atoms with Crippen LogP contribution in [0.15, 0.2) is 146 Å². The van der Waals surface area contributed by atoms with Gasteiger partial charge in [0.05, 0.1) is 33.1 Å². The molecule has 10 aromatic rings. The average Bonchev–Trinajstić information content (AvgIpc) is 3.77. The molecule has 0 unspecified atom stereocenters. The Balaban J connectivity index is 1.28. The maximum absolute atomic E-state index is 5.44. The first kappa shape index (κ1) is 25.0. The standard InChI is InChI=1S/C43H26N4/c1-2-12-29-26(11-1)21-22-27-23-28-24-40-34(25-33(28)41(27)29)32-15-5-10-20-39(32)47(40)43-42(44-35-16-6-7-17-36(35)45-43)46-37-18-8-3-13-30(37)31-14-4-9-19-38(31)46/h1-22,24-25H,23H2. The molecule has 0 aliphatic heterocycles. The van der Waals surface area contributed by atoms with Crippen LogP contribution in [0.25, 0.3) is 88.2 Å². The molecule has 0 saturated heterocycles. The monoisotopic (exact) mass is 598 g/mol. The Morgan fingerprint density at radius 3 is 1.55 bits per heavy atom. The summed E-state index contributed by atoms with van der Waals surface area (Å²) in [4.78, 5) is 10.8. The van der Waals surface area contributed by atoms with Gasteiger partial charge in [0, 0.05) is 21.5 Å². The lowest BCUT2D eigenvalue weighted by molar-refractivity contribution is 0.995. The third kappa shape index (κ3) is 3.36. The highest BCUT2D eigenvalue weighted by atomic mass is 15.2. The SMILES string of the molecule is c1ccc2c3c(ccc2c1)Cc1cc2c(cc1-3)c1ccccc1n2-c1nc2ccccc2nc1-n1c2ccccc2c2ccccc21. The molecule has 0 fully saturated rings. The van der Waals surface area contributed by atoms with Crippen molar-refractivity contribution in [1.82, 2.24) is 19.1 Å². The van der Waals surface area contributed by atoms with Gasteiger partial charge in [-0.2, -0.15) is 0 Å². The van der Waals surface area contributed by atoms with Crippen LogP contribution in [0.2, 0.25) is 0 Å². The molecule has 0 saturated carbocycles. The van der Waals surface area contributed by atoms with E-state index in [1.807, 2.05) is 12.1 Å². The van der Waals surface area contributed by atoms with Crippen molar-refractivity contribution < 1.29 is 0 Å². The lowest BCUT2D eigenvalue weighted by Gasteiger charge is -2.16. The zero-order valence-corrected chi connectivity index (χ0v) is 25.4. The summed E-state index contributed by atoms with van der Waals surface area (Å²) in [6.07, 6.45) is 0.913. The molecule has 1 aliphatic carbocycles. The van der Waals surface area contributed by atoms with E-state index in [2.05, 4.69) is 143 Å². The van der Waals surface area contributed by atoms with E-state index in [-0.39, 0.29) is 0 Å². The van der Waals surface area contributed by atoms with Crippen LogP contribution >= 0.6 is 0 Å². The molecule has 0 amide bonds. The largest absolute Gasteiger partial charge is 0.291 e. The van der Waals surface area contributed by atoms with Crippen molar-refractivity contribution in [2.24, 2.45) is 0 Å². The number of aromatic nitrogens is 4. The second-order valence-electron chi connectivity index (χ2n) is 12.6. The molecule has 0 bridgehead atoms. The minimum Gasteiger partial charge on any atom is -0.291 e. The third-order valence-corrected chi connectivity index (χ3v) is 10.1. The summed E-state index contributed by atoms with van der Waals surface area (Å²) < 4.78 is 4.65. The molecule has 0 N–H and O–H groups in total. The van der Waals surface area contributed by atoms with E-state index >= 15 is 0 Å². The van der Waals surface area contributed by atoms with Gasteiger partial charge >= 0.3 is 0 Å². The lowest BCUT2D eigenvalue weighted by atomic mass is 9.97. The molecular weight excluding hydrogens is 573 g/mol. The average molecular weight is 599 g/mol. The molecule has 4 heteroatoms. The number of para-hydroxylation sites is 5. The number of fused-ring (bicyclic) bond motifs is 12. The third-order valence-electron chi connectivity index (χ3n) is 10.1. The number of rotatable bonds is 2. The summed E-state index contributed by atoms with van der Waals surface area (Å²) in [5, 5.41) is 7.44. The Hall–Kier alpha value is -6.26. The van der Waals surface area contributed by atoms with Crippen molar-refractivity contribution in [2.75, 3.05) is 0 Å². The highest BCUT2D eigenvalue weighted by molar-refractivity contribution is 6.14. The van der Waals surface area contributed by atoms with E-state index < -0.39 is 0 Å². The number of benzene rings is 7. The zero-order valence-electron chi connectivity index (χ0n) is 25.4. The summed E-state index contributed by atoms with van der Waals surface area (Å²) in [6, 6.07) is 52.3. The first-order chi connectivity index (χ1) is 23.3. The van der Waals surface area contributed by atoms with Crippen LogP contribution in [0.4, 0.5) is 0 Å². The topological polar surface area (TPSA) is 35.6 Å². The fourth-order valence-corrected chi connectivity index (χ4v) is 8.08. The van der Waals surface area contributed by atoms with Crippen LogP contribution in [0.5, 0.6) is 0 Å². The van der Waals surface area contributed by atoms with Gasteiger partial charge in [-0.3, -0.25) is 9.13 Å². The fourth-order valence-electron chi connectivity index (χ4n) is 8.08. The summed E-state index contributed by atoms with van der Waals surface area (Å²) in [5.74, 6) is 1.64. The van der Waals surface area contributed by atoms with E-state index in [1.54, 1.807) is 0 Å². The van der Waals surface area contributed by atoms with E-state index in [0.29, 0.717) is 0 Å². The first-order valence-electron chi connectivity index (χ1n) is 16.1. The predicted octanol–water partition coefficient (Wildman–Crippen LogP) is 10.5. The van der Waals surface area contributed by atoms with Crippen LogP contribution in [0.1, 0.15) is 11.1 Å². The van der Waals surface area contributed by atoms with Gasteiger partial charge in [-0.15, -0.1) is 0 Å². The smallest absolute Gasteiger partial charge is 0.182 e. The van der Waals surface area contributed by atoms with E-state index in [1.165, 1.54) is 54.6 Å². The summed E-state index contributed by atoms with van der Waals surface area (Å²) in [6.45, 7) is 0. The van der Waals surface area contributed by atoms with Gasteiger partial charge in [-0.25, -0.2) is 9.97 Å². The maximum Gasteiger partial charge on any atom is 0.182 e. The van der Waals surface area contributed by atoms with Crippen molar-refractivity contribution in [3.63, 3.8) is 0 Å². The van der Waals surface area contributed by atoms with Crippen LogP contribution in [-0.4, -0.2) is 19.1 Å². The second kappa shape index (κ2) is 9.15. The number of hydrogen-bond donors (Lipinski definition) is 0. The number of nitrogens with zero attached hydrogens (tertiary/aromatic N) is 4. The van der Waals surface area contributed by atoms with Gasteiger partial charge < -0.3 is 0 Å². The highest BCUT2D eigenvalue weighted by Crippen LogP contribution is 2.46. The molecule has 0 atom stereocenters. The second-order valence-corrected chi connectivity index (χ2v) is 12.6. The lowest BCUT2D eigenvalue weighted by Crippen LogP contribution is -2.09. The molecule has 11 rings (SSSR count). The Kier molecular flexibility index (Phi) is 4.86. The molecule has 0 radical (unpaired) electrons. The molecule has 3 heterocycles. The van der Waals surface area contributed by atoms with Crippen molar-refractivity contribution in [1.29, 1.82) is 0 Å². The van der Waals surface area contributed by atoms with Crippen molar-refractivity contribution in [3.8, 4) is 22.8 Å².